The lowest BCUT2D eigenvalue weighted by Gasteiger charge is -2.46. The van der Waals surface area contributed by atoms with Crippen LogP contribution in [0, 0.1) is 12.8 Å². The van der Waals surface area contributed by atoms with Crippen molar-refractivity contribution in [3.8, 4) is 11.7 Å². The van der Waals surface area contributed by atoms with E-state index in [9.17, 15) is 4.79 Å². The number of fused-ring (bicyclic) bond motifs is 2. The third-order valence-electron chi connectivity index (χ3n) is 7.66. The molecule has 0 saturated carbocycles. The molecule has 1 atom stereocenters. The van der Waals surface area contributed by atoms with Gasteiger partial charge in [0.05, 0.1) is 5.52 Å². The lowest BCUT2D eigenvalue weighted by molar-refractivity contribution is 0.0992. The molecule has 2 heterocycles. The fourth-order valence-corrected chi connectivity index (χ4v) is 5.24. The maximum absolute atomic E-state index is 12.8. The second-order valence-corrected chi connectivity index (χ2v) is 11.0. The van der Waals surface area contributed by atoms with Crippen LogP contribution in [0.3, 0.4) is 0 Å². The zero-order valence-corrected chi connectivity index (χ0v) is 21.2. The number of benzene rings is 2. The van der Waals surface area contributed by atoms with E-state index in [1.54, 1.807) is 18.3 Å². The van der Waals surface area contributed by atoms with E-state index in [0.29, 0.717) is 17.6 Å². The Labute approximate surface area is 206 Å². The number of nitrogens with zero attached hydrogens (tertiary/aromatic N) is 1. The molecule has 0 spiro atoms. The van der Waals surface area contributed by atoms with Gasteiger partial charge in [-0.3, -0.25) is 9.78 Å². The molecule has 2 aromatic carbocycles. The summed E-state index contributed by atoms with van der Waals surface area (Å²) in [5.41, 5.74) is 5.46. The van der Waals surface area contributed by atoms with E-state index in [1.165, 1.54) is 11.1 Å². The van der Waals surface area contributed by atoms with Crippen molar-refractivity contribution < 1.29 is 13.9 Å². The Morgan fingerprint density at radius 1 is 1.06 bits per heavy atom. The predicted octanol–water partition coefficient (Wildman–Crippen LogP) is 7.78. The van der Waals surface area contributed by atoms with E-state index in [2.05, 4.69) is 64.0 Å². The van der Waals surface area contributed by atoms with Crippen molar-refractivity contribution in [2.45, 2.75) is 58.8 Å². The van der Waals surface area contributed by atoms with E-state index < -0.39 is 0 Å². The molecule has 1 aliphatic carbocycles. The average molecular weight is 469 g/mol. The second-order valence-electron chi connectivity index (χ2n) is 11.0. The first-order valence-corrected chi connectivity index (χ1v) is 12.1. The molecule has 1 N–H and O–H groups in total. The van der Waals surface area contributed by atoms with Gasteiger partial charge in [0.15, 0.2) is 5.76 Å². The van der Waals surface area contributed by atoms with Gasteiger partial charge in [-0.1, -0.05) is 46.8 Å². The number of aryl methyl sites for hydroxylation is 1. The molecular weight excluding hydrogens is 436 g/mol. The molecule has 5 nitrogen and oxygen atoms in total. The topological polar surface area (TPSA) is 64.4 Å². The summed E-state index contributed by atoms with van der Waals surface area (Å²) in [7, 11) is 0. The highest BCUT2D eigenvalue weighted by molar-refractivity contribution is 6.03. The van der Waals surface area contributed by atoms with Crippen molar-refractivity contribution in [2.24, 2.45) is 5.92 Å². The Balaban J connectivity index is 1.37. The monoisotopic (exact) mass is 468 g/mol. The van der Waals surface area contributed by atoms with Crippen molar-refractivity contribution in [2.75, 3.05) is 5.32 Å². The number of furan rings is 1. The highest BCUT2D eigenvalue weighted by Gasteiger charge is 2.42. The number of pyridine rings is 1. The quantitative estimate of drug-likeness (QED) is 0.332. The molecule has 2 aromatic heterocycles. The first-order chi connectivity index (χ1) is 16.5. The molecule has 4 aromatic rings. The summed E-state index contributed by atoms with van der Waals surface area (Å²) in [6.07, 6.45) is 2.86. The summed E-state index contributed by atoms with van der Waals surface area (Å²) in [6.45, 7) is 13.7. The minimum absolute atomic E-state index is 0.0552. The molecule has 5 heteroatoms. The molecule has 0 radical (unpaired) electrons. The van der Waals surface area contributed by atoms with E-state index in [0.717, 1.165) is 28.6 Å². The van der Waals surface area contributed by atoms with E-state index in [1.807, 2.05) is 30.3 Å². The van der Waals surface area contributed by atoms with Crippen LogP contribution >= 0.6 is 0 Å². The van der Waals surface area contributed by atoms with Crippen LogP contribution < -0.4 is 10.1 Å². The van der Waals surface area contributed by atoms with Crippen LogP contribution in [0.25, 0.3) is 10.9 Å². The van der Waals surface area contributed by atoms with Crippen LogP contribution in [0.15, 0.2) is 65.2 Å². The molecule has 0 bridgehead atoms. The van der Waals surface area contributed by atoms with Crippen LogP contribution in [0.4, 0.5) is 5.69 Å². The van der Waals surface area contributed by atoms with Gasteiger partial charge in [-0.15, -0.1) is 0 Å². The molecule has 5 rings (SSSR count). The fraction of sp³-hybridized carbons (Fsp3) is 0.333. The SMILES string of the molecule is Cc1cc2c(cc1Oc1ccc(C(=O)Nc3ccc4ncccc4c3)o1)C(C)(C)CC(C)C2(C)C. The molecule has 1 unspecified atom stereocenters. The van der Waals surface area contributed by atoms with Crippen molar-refractivity contribution >= 4 is 22.5 Å². The molecule has 35 heavy (non-hydrogen) atoms. The maximum Gasteiger partial charge on any atom is 0.291 e. The lowest BCUT2D eigenvalue weighted by atomic mass is 9.58. The maximum atomic E-state index is 12.8. The van der Waals surface area contributed by atoms with Crippen LogP contribution in [0.2, 0.25) is 0 Å². The van der Waals surface area contributed by atoms with Gasteiger partial charge in [-0.05, 0) is 83.2 Å². The van der Waals surface area contributed by atoms with E-state index in [4.69, 9.17) is 9.15 Å². The van der Waals surface area contributed by atoms with Crippen molar-refractivity contribution in [3.05, 3.63) is 83.2 Å². The molecule has 180 valence electrons. The average Bonchev–Trinajstić information content (AvgIpc) is 3.27. The zero-order chi connectivity index (χ0) is 25.0. The number of rotatable bonds is 4. The van der Waals surface area contributed by atoms with Gasteiger partial charge in [-0.2, -0.15) is 0 Å². The number of amides is 1. The molecule has 0 aliphatic heterocycles. The number of carbonyl (C=O) groups excluding carboxylic acids is 1. The van der Waals surface area contributed by atoms with E-state index >= 15 is 0 Å². The number of anilines is 1. The van der Waals surface area contributed by atoms with Gasteiger partial charge in [0, 0.05) is 23.3 Å². The lowest BCUT2D eigenvalue weighted by Crippen LogP contribution is -2.40. The Bertz CT molecular complexity index is 1430. The molecular formula is C30H32N2O3. The Morgan fingerprint density at radius 3 is 2.66 bits per heavy atom. The third-order valence-corrected chi connectivity index (χ3v) is 7.66. The van der Waals surface area contributed by atoms with Crippen LogP contribution in [-0.2, 0) is 10.8 Å². The number of hydrogen-bond acceptors (Lipinski definition) is 4. The minimum atomic E-state index is -0.331. The molecule has 0 fully saturated rings. The van der Waals surface area contributed by atoms with Crippen molar-refractivity contribution in [1.82, 2.24) is 4.98 Å². The van der Waals surface area contributed by atoms with Gasteiger partial charge >= 0.3 is 0 Å². The van der Waals surface area contributed by atoms with Gasteiger partial charge in [-0.25, -0.2) is 0 Å². The van der Waals surface area contributed by atoms with Gasteiger partial charge in [0.1, 0.15) is 5.75 Å². The van der Waals surface area contributed by atoms with Gasteiger partial charge < -0.3 is 14.5 Å². The molecule has 1 aliphatic rings. The Kier molecular flexibility index (Phi) is 5.47. The van der Waals surface area contributed by atoms with Crippen molar-refractivity contribution in [3.63, 3.8) is 0 Å². The fourth-order valence-electron chi connectivity index (χ4n) is 5.24. The molecule has 1 amide bonds. The number of hydrogen-bond donors (Lipinski definition) is 1. The predicted molar refractivity (Wildman–Crippen MR) is 139 cm³/mol. The Hall–Kier alpha value is -3.60. The standard InChI is InChI=1S/C30H32N2O3/c1-18-14-23-22(29(3,4)17-19(2)30(23,5)6)16-26(18)35-27-12-11-25(34-27)28(33)32-21-9-10-24-20(15-21)8-7-13-31-24/h7-16,19H,17H2,1-6H3,(H,32,33). The Morgan fingerprint density at radius 2 is 1.86 bits per heavy atom. The third kappa shape index (κ3) is 4.20. The first-order valence-electron chi connectivity index (χ1n) is 12.1. The zero-order valence-electron chi connectivity index (χ0n) is 21.2. The minimum Gasteiger partial charge on any atom is -0.426 e. The highest BCUT2D eigenvalue weighted by Crippen LogP contribution is 2.50. The van der Waals surface area contributed by atoms with Crippen LogP contribution in [0.1, 0.15) is 68.3 Å². The second kappa shape index (κ2) is 8.26. The summed E-state index contributed by atoms with van der Waals surface area (Å²) in [5, 5.41) is 3.84. The first kappa shape index (κ1) is 23.2. The summed E-state index contributed by atoms with van der Waals surface area (Å²) in [4.78, 5) is 17.1. The van der Waals surface area contributed by atoms with E-state index in [-0.39, 0.29) is 22.5 Å². The number of aromatic nitrogens is 1. The van der Waals surface area contributed by atoms with Gasteiger partial charge in [0.2, 0.25) is 0 Å². The largest absolute Gasteiger partial charge is 0.426 e. The number of ether oxygens (including phenoxy) is 1. The highest BCUT2D eigenvalue weighted by atomic mass is 16.6. The van der Waals surface area contributed by atoms with Gasteiger partial charge in [0.25, 0.3) is 11.9 Å². The van der Waals surface area contributed by atoms with Crippen LogP contribution in [0.5, 0.6) is 11.7 Å². The summed E-state index contributed by atoms with van der Waals surface area (Å²) in [6, 6.07) is 17.2. The normalized spacial score (nSPS) is 18.2. The number of carbonyl (C=O) groups is 1. The summed E-state index contributed by atoms with van der Waals surface area (Å²) >= 11 is 0. The van der Waals surface area contributed by atoms with Crippen LogP contribution in [-0.4, -0.2) is 10.9 Å². The molecule has 0 saturated heterocycles. The summed E-state index contributed by atoms with van der Waals surface area (Å²) in [5.74, 6) is 1.49. The smallest absolute Gasteiger partial charge is 0.291 e. The van der Waals surface area contributed by atoms with Crippen molar-refractivity contribution in [1.29, 1.82) is 0 Å². The number of nitrogens with one attached hydrogen (secondary N) is 1. The summed E-state index contributed by atoms with van der Waals surface area (Å²) < 4.78 is 11.9.